The highest BCUT2D eigenvalue weighted by Crippen LogP contribution is 2.12. The number of aromatic carboxylic acids is 1. The van der Waals surface area contributed by atoms with E-state index in [0.29, 0.717) is 6.42 Å². The molecule has 1 amide bonds. The van der Waals surface area contributed by atoms with Crippen LogP contribution in [0.1, 0.15) is 34.3 Å². The van der Waals surface area contributed by atoms with Gasteiger partial charge in [0.2, 0.25) is 0 Å². The highest BCUT2D eigenvalue weighted by atomic mass is 19.3. The molecule has 1 heterocycles. The van der Waals surface area contributed by atoms with Crippen LogP contribution < -0.4 is 0 Å². The van der Waals surface area contributed by atoms with Crippen LogP contribution in [0.5, 0.6) is 0 Å². The number of halogens is 2. The highest BCUT2D eigenvalue weighted by Gasteiger charge is 2.22. The zero-order chi connectivity index (χ0) is 13.7. The fraction of sp³-hybridized carbons (Fsp3) is 0.455. The van der Waals surface area contributed by atoms with Crippen molar-refractivity contribution in [2.24, 2.45) is 0 Å². The largest absolute Gasteiger partial charge is 0.478 e. The van der Waals surface area contributed by atoms with E-state index in [2.05, 4.69) is 0 Å². The fourth-order valence-corrected chi connectivity index (χ4v) is 1.43. The number of furan rings is 1. The van der Waals surface area contributed by atoms with E-state index >= 15 is 0 Å². The number of carboxylic acids is 1. The molecule has 1 aromatic heterocycles. The second-order valence-corrected chi connectivity index (χ2v) is 3.65. The minimum Gasteiger partial charge on any atom is -0.478 e. The summed E-state index contributed by atoms with van der Waals surface area (Å²) in [6.07, 6.45) is -1.22. The van der Waals surface area contributed by atoms with Gasteiger partial charge in [0.15, 0.2) is 5.76 Å². The van der Waals surface area contributed by atoms with Gasteiger partial charge in [0.25, 0.3) is 12.3 Å². The van der Waals surface area contributed by atoms with E-state index in [1.807, 2.05) is 0 Å². The van der Waals surface area contributed by atoms with Crippen molar-refractivity contribution in [1.82, 2.24) is 4.90 Å². The lowest BCUT2D eigenvalue weighted by Gasteiger charge is -2.20. The summed E-state index contributed by atoms with van der Waals surface area (Å²) < 4.78 is 29.4. The van der Waals surface area contributed by atoms with Crippen molar-refractivity contribution >= 4 is 11.9 Å². The number of nitrogens with zero attached hydrogens (tertiary/aromatic N) is 1. The van der Waals surface area contributed by atoms with Gasteiger partial charge in [-0.1, -0.05) is 6.92 Å². The van der Waals surface area contributed by atoms with E-state index in [0.717, 1.165) is 17.2 Å². The molecular formula is C11H13F2NO4. The number of carboxylic acid groups (broad SMARTS) is 1. The van der Waals surface area contributed by atoms with E-state index in [4.69, 9.17) is 9.52 Å². The van der Waals surface area contributed by atoms with Crippen molar-refractivity contribution in [2.45, 2.75) is 19.8 Å². The molecule has 7 heteroatoms. The Hall–Kier alpha value is -1.92. The number of hydrogen-bond donors (Lipinski definition) is 1. The SMILES string of the molecule is CCCN(CC(F)F)C(=O)c1cc(C(=O)O)co1. The van der Waals surface area contributed by atoms with Crippen LogP contribution in [0.25, 0.3) is 0 Å². The molecule has 0 atom stereocenters. The molecule has 0 bridgehead atoms. The average molecular weight is 261 g/mol. The van der Waals surface area contributed by atoms with Crippen LogP contribution in [0.15, 0.2) is 16.7 Å². The van der Waals surface area contributed by atoms with E-state index in [9.17, 15) is 18.4 Å². The Labute approximate surface area is 102 Å². The van der Waals surface area contributed by atoms with Crippen molar-refractivity contribution in [3.8, 4) is 0 Å². The molecular weight excluding hydrogens is 248 g/mol. The van der Waals surface area contributed by atoms with E-state index in [1.165, 1.54) is 0 Å². The molecule has 0 radical (unpaired) electrons. The maximum absolute atomic E-state index is 12.3. The van der Waals surface area contributed by atoms with Gasteiger partial charge < -0.3 is 14.4 Å². The van der Waals surface area contributed by atoms with Crippen LogP contribution in [-0.2, 0) is 0 Å². The lowest BCUT2D eigenvalue weighted by molar-refractivity contribution is 0.0528. The van der Waals surface area contributed by atoms with Gasteiger partial charge in [-0.25, -0.2) is 13.6 Å². The van der Waals surface area contributed by atoms with E-state index in [-0.39, 0.29) is 17.9 Å². The van der Waals surface area contributed by atoms with Crippen LogP contribution >= 0.6 is 0 Å². The number of hydrogen-bond acceptors (Lipinski definition) is 3. The van der Waals surface area contributed by atoms with Gasteiger partial charge >= 0.3 is 5.97 Å². The standard InChI is InChI=1S/C11H13F2NO4/c1-2-3-14(5-9(12)13)10(15)8-4-7(6-18-8)11(16)17/h4,6,9H,2-3,5H2,1H3,(H,16,17). The Balaban J connectivity index is 2.83. The molecule has 1 rings (SSSR count). The predicted molar refractivity (Wildman–Crippen MR) is 57.9 cm³/mol. The number of rotatable bonds is 6. The first-order valence-electron chi connectivity index (χ1n) is 5.35. The van der Waals surface area contributed by atoms with Crippen LogP contribution in [0.3, 0.4) is 0 Å². The highest BCUT2D eigenvalue weighted by molar-refractivity contribution is 5.95. The normalized spacial score (nSPS) is 10.7. The monoisotopic (exact) mass is 261 g/mol. The molecule has 18 heavy (non-hydrogen) atoms. The maximum atomic E-state index is 12.3. The third kappa shape index (κ3) is 3.54. The third-order valence-electron chi connectivity index (χ3n) is 2.20. The minimum absolute atomic E-state index is 0.159. The van der Waals surface area contributed by atoms with Crippen molar-refractivity contribution in [3.63, 3.8) is 0 Å². The van der Waals surface area contributed by atoms with Gasteiger partial charge in [-0.05, 0) is 6.42 Å². The van der Waals surface area contributed by atoms with Gasteiger partial charge in [0.05, 0.1) is 12.1 Å². The molecule has 0 fully saturated rings. The molecule has 5 nitrogen and oxygen atoms in total. The van der Waals surface area contributed by atoms with Crippen LogP contribution in [0.2, 0.25) is 0 Å². The molecule has 0 aromatic carbocycles. The first-order chi connectivity index (χ1) is 8.45. The number of carbonyl (C=O) groups excluding carboxylic acids is 1. The molecule has 0 unspecified atom stereocenters. The minimum atomic E-state index is -2.64. The first kappa shape index (κ1) is 14.1. The van der Waals surface area contributed by atoms with Crippen molar-refractivity contribution < 1.29 is 27.9 Å². The zero-order valence-electron chi connectivity index (χ0n) is 9.73. The van der Waals surface area contributed by atoms with Gasteiger partial charge in [-0.3, -0.25) is 4.79 Å². The van der Waals surface area contributed by atoms with Gasteiger partial charge in [-0.2, -0.15) is 0 Å². The molecule has 0 aliphatic carbocycles. The Kier molecular flexibility index (Phi) is 4.82. The molecule has 1 aromatic rings. The third-order valence-corrected chi connectivity index (χ3v) is 2.20. The second-order valence-electron chi connectivity index (χ2n) is 3.65. The summed E-state index contributed by atoms with van der Waals surface area (Å²) in [4.78, 5) is 23.4. The number of alkyl halides is 2. The summed E-state index contributed by atoms with van der Waals surface area (Å²) in [7, 11) is 0. The molecule has 1 N–H and O–H groups in total. The van der Waals surface area contributed by atoms with Crippen molar-refractivity contribution in [1.29, 1.82) is 0 Å². The molecule has 0 aliphatic heterocycles. The number of carbonyl (C=O) groups is 2. The smallest absolute Gasteiger partial charge is 0.338 e. The Morgan fingerprint density at radius 1 is 1.50 bits per heavy atom. The quantitative estimate of drug-likeness (QED) is 0.851. The van der Waals surface area contributed by atoms with Gasteiger partial charge in [0.1, 0.15) is 6.26 Å². The zero-order valence-corrected chi connectivity index (χ0v) is 9.73. The summed E-state index contributed by atoms with van der Waals surface area (Å²) in [6, 6.07) is 1.03. The van der Waals surface area contributed by atoms with Gasteiger partial charge in [-0.15, -0.1) is 0 Å². The number of amides is 1. The molecule has 0 aliphatic rings. The lowest BCUT2D eigenvalue weighted by Crippen LogP contribution is -2.35. The average Bonchev–Trinajstić information content (AvgIpc) is 2.76. The lowest BCUT2D eigenvalue weighted by atomic mass is 10.3. The summed E-state index contributed by atoms with van der Waals surface area (Å²) in [5.41, 5.74) is -0.188. The maximum Gasteiger partial charge on any atom is 0.338 e. The van der Waals surface area contributed by atoms with Gasteiger partial charge in [0, 0.05) is 12.6 Å². The van der Waals surface area contributed by atoms with Crippen LogP contribution in [0, 0.1) is 0 Å². The van der Waals surface area contributed by atoms with Crippen molar-refractivity contribution in [3.05, 3.63) is 23.7 Å². The summed E-state index contributed by atoms with van der Waals surface area (Å²) >= 11 is 0. The molecule has 0 saturated carbocycles. The molecule has 0 spiro atoms. The van der Waals surface area contributed by atoms with Crippen LogP contribution in [-0.4, -0.2) is 41.4 Å². The molecule has 100 valence electrons. The second kappa shape index (κ2) is 6.13. The van der Waals surface area contributed by atoms with Crippen molar-refractivity contribution in [2.75, 3.05) is 13.1 Å². The predicted octanol–water partition coefficient (Wildman–Crippen LogP) is 2.10. The first-order valence-corrected chi connectivity index (χ1v) is 5.35. The van der Waals surface area contributed by atoms with E-state index in [1.54, 1.807) is 6.92 Å². The molecule has 0 saturated heterocycles. The Morgan fingerprint density at radius 2 is 2.17 bits per heavy atom. The van der Waals surface area contributed by atoms with Crippen LogP contribution in [0.4, 0.5) is 8.78 Å². The summed E-state index contributed by atoms with van der Waals surface area (Å²) in [5, 5.41) is 8.66. The topological polar surface area (TPSA) is 70.8 Å². The Morgan fingerprint density at radius 3 is 2.61 bits per heavy atom. The summed E-state index contributed by atoms with van der Waals surface area (Å²) in [5.74, 6) is -2.22. The fourth-order valence-electron chi connectivity index (χ4n) is 1.43. The Bertz CT molecular complexity index is 430. The summed E-state index contributed by atoms with van der Waals surface area (Å²) in [6.45, 7) is 1.21. The van der Waals surface area contributed by atoms with E-state index < -0.39 is 24.8 Å².